The molecule has 1 fully saturated rings. The molecule has 1 amide bonds. The highest BCUT2D eigenvalue weighted by molar-refractivity contribution is 5.92. The van der Waals surface area contributed by atoms with Crippen LogP contribution in [0.1, 0.15) is 48.1 Å². The molecule has 0 spiro atoms. The third kappa shape index (κ3) is 3.56. The first-order valence-corrected chi connectivity index (χ1v) is 7.80. The summed E-state index contributed by atoms with van der Waals surface area (Å²) < 4.78 is 7.44. The summed E-state index contributed by atoms with van der Waals surface area (Å²) in [6, 6.07) is 1.68. The fourth-order valence-corrected chi connectivity index (χ4v) is 2.64. The Hall–Kier alpha value is -2.28. The lowest BCUT2D eigenvalue weighted by Gasteiger charge is -2.32. The van der Waals surface area contributed by atoms with Crippen LogP contribution in [0.5, 0.6) is 0 Å². The van der Waals surface area contributed by atoms with Gasteiger partial charge in [0.15, 0.2) is 5.82 Å². The van der Waals surface area contributed by atoms with Gasteiger partial charge < -0.3 is 10.1 Å². The second-order valence-corrected chi connectivity index (χ2v) is 6.01. The van der Waals surface area contributed by atoms with Gasteiger partial charge in [0.25, 0.3) is 5.91 Å². The Morgan fingerprint density at radius 1 is 1.39 bits per heavy atom. The van der Waals surface area contributed by atoms with E-state index in [4.69, 9.17) is 4.74 Å². The maximum absolute atomic E-state index is 11.9. The number of hydrogen-bond donors (Lipinski definition) is 1. The first-order chi connectivity index (χ1) is 11.1. The molecule has 1 aliphatic rings. The van der Waals surface area contributed by atoms with Gasteiger partial charge in [-0.25, -0.2) is 9.97 Å². The fraction of sp³-hybridized carbons (Fsp3) is 0.500. The third-order valence-electron chi connectivity index (χ3n) is 4.05. The Balaban J connectivity index is 1.60. The van der Waals surface area contributed by atoms with Crippen LogP contribution in [0, 0.1) is 0 Å². The second kappa shape index (κ2) is 6.45. The Bertz CT molecular complexity index is 674. The molecule has 7 nitrogen and oxygen atoms in total. The quantitative estimate of drug-likeness (QED) is 0.926. The van der Waals surface area contributed by atoms with Crippen molar-refractivity contribution in [2.24, 2.45) is 7.05 Å². The van der Waals surface area contributed by atoms with Crippen LogP contribution >= 0.6 is 0 Å². The zero-order valence-corrected chi connectivity index (χ0v) is 13.5. The summed E-state index contributed by atoms with van der Waals surface area (Å²) >= 11 is 0. The molecule has 23 heavy (non-hydrogen) atoms. The van der Waals surface area contributed by atoms with E-state index >= 15 is 0 Å². The van der Waals surface area contributed by atoms with Crippen molar-refractivity contribution in [1.82, 2.24) is 25.1 Å². The third-order valence-corrected chi connectivity index (χ3v) is 4.05. The number of ether oxygens (including phenoxy) is 1. The molecular weight excluding hydrogens is 294 g/mol. The summed E-state index contributed by atoms with van der Waals surface area (Å²) in [6.07, 6.45) is 8.36. The molecule has 3 heterocycles. The number of carbonyl (C=O) groups is 1. The van der Waals surface area contributed by atoms with Crippen molar-refractivity contribution in [3.8, 4) is 0 Å². The minimum absolute atomic E-state index is 0.211. The number of carbonyl (C=O) groups excluding carboxylic acids is 1. The van der Waals surface area contributed by atoms with Crippen molar-refractivity contribution in [1.29, 1.82) is 0 Å². The van der Waals surface area contributed by atoms with Gasteiger partial charge in [0, 0.05) is 44.4 Å². The van der Waals surface area contributed by atoms with Gasteiger partial charge >= 0.3 is 0 Å². The molecular formula is C16H21N5O2. The molecule has 0 aliphatic carbocycles. The molecule has 1 aliphatic heterocycles. The molecule has 1 N–H and O–H groups in total. The Morgan fingerprint density at radius 3 is 2.78 bits per heavy atom. The van der Waals surface area contributed by atoms with Crippen LogP contribution < -0.4 is 5.32 Å². The lowest BCUT2D eigenvalue weighted by molar-refractivity contribution is -0.0760. The second-order valence-electron chi connectivity index (χ2n) is 6.01. The average molecular weight is 315 g/mol. The maximum Gasteiger partial charge on any atom is 0.272 e. The predicted molar refractivity (Wildman–Crippen MR) is 83.6 cm³/mol. The summed E-state index contributed by atoms with van der Waals surface area (Å²) in [7, 11) is 1.78. The van der Waals surface area contributed by atoms with E-state index in [9.17, 15) is 4.79 Å². The van der Waals surface area contributed by atoms with E-state index in [0.717, 1.165) is 31.4 Å². The van der Waals surface area contributed by atoms with Crippen molar-refractivity contribution >= 4 is 5.91 Å². The molecule has 0 bridgehead atoms. The zero-order valence-electron chi connectivity index (χ0n) is 13.5. The molecule has 2 aromatic rings. The van der Waals surface area contributed by atoms with Crippen molar-refractivity contribution in [2.75, 3.05) is 6.61 Å². The molecule has 1 unspecified atom stereocenters. The molecule has 7 heteroatoms. The topological polar surface area (TPSA) is 81.9 Å². The zero-order chi connectivity index (χ0) is 16.3. The monoisotopic (exact) mass is 315 g/mol. The molecule has 0 aromatic carbocycles. The van der Waals surface area contributed by atoms with Crippen LogP contribution in [0.4, 0.5) is 0 Å². The molecule has 0 radical (unpaired) electrons. The van der Waals surface area contributed by atoms with E-state index < -0.39 is 5.60 Å². The number of hydrogen-bond acceptors (Lipinski definition) is 5. The fourth-order valence-electron chi connectivity index (χ4n) is 2.64. The molecule has 3 rings (SSSR count). The van der Waals surface area contributed by atoms with Crippen molar-refractivity contribution in [3.05, 3.63) is 41.7 Å². The van der Waals surface area contributed by atoms with Crippen LogP contribution in [0.15, 0.2) is 24.7 Å². The van der Waals surface area contributed by atoms with E-state index in [-0.39, 0.29) is 5.91 Å². The van der Waals surface area contributed by atoms with Crippen LogP contribution in [-0.4, -0.2) is 32.3 Å². The number of amides is 1. The predicted octanol–water partition coefficient (Wildman–Crippen LogP) is 1.56. The first-order valence-electron chi connectivity index (χ1n) is 7.80. The standard InChI is InChI=1S/C16H21N5O2/c1-16(6-3-4-8-23-16)15-18-10-12(11-19-15)9-17-14(22)13-5-7-21(2)20-13/h5,7,10-11H,3-4,6,8-9H2,1-2H3,(H,17,22). The van der Waals surface area contributed by atoms with Crippen molar-refractivity contribution < 1.29 is 9.53 Å². The van der Waals surface area contributed by atoms with Gasteiger partial charge in [-0.15, -0.1) is 0 Å². The minimum Gasteiger partial charge on any atom is -0.367 e. The van der Waals surface area contributed by atoms with E-state index in [1.807, 2.05) is 6.92 Å². The number of rotatable bonds is 4. The van der Waals surface area contributed by atoms with Gasteiger partial charge in [-0.1, -0.05) is 0 Å². The summed E-state index contributed by atoms with van der Waals surface area (Å²) in [5, 5.41) is 6.88. The number of nitrogens with one attached hydrogen (secondary N) is 1. The van der Waals surface area contributed by atoms with Gasteiger partial charge in [0.1, 0.15) is 11.3 Å². The normalized spacial score (nSPS) is 21.1. The number of aryl methyl sites for hydroxylation is 1. The largest absolute Gasteiger partial charge is 0.367 e. The van der Waals surface area contributed by atoms with E-state index in [0.29, 0.717) is 18.1 Å². The minimum atomic E-state index is -0.395. The average Bonchev–Trinajstić information content (AvgIpc) is 3.00. The summed E-state index contributed by atoms with van der Waals surface area (Å²) in [5.74, 6) is 0.495. The highest BCUT2D eigenvalue weighted by Gasteiger charge is 2.32. The van der Waals surface area contributed by atoms with E-state index in [1.54, 1.807) is 36.4 Å². The number of aromatic nitrogens is 4. The Morgan fingerprint density at radius 2 is 2.17 bits per heavy atom. The number of nitrogens with zero attached hydrogens (tertiary/aromatic N) is 4. The lowest BCUT2D eigenvalue weighted by atomic mass is 9.95. The van der Waals surface area contributed by atoms with Crippen molar-refractivity contribution in [2.45, 2.75) is 38.3 Å². The lowest BCUT2D eigenvalue weighted by Crippen LogP contribution is -2.32. The van der Waals surface area contributed by atoms with Crippen LogP contribution in [0.3, 0.4) is 0 Å². The van der Waals surface area contributed by atoms with Gasteiger partial charge in [0.05, 0.1) is 0 Å². The molecule has 122 valence electrons. The molecule has 0 saturated carbocycles. The van der Waals surface area contributed by atoms with Gasteiger partial charge in [-0.05, 0) is 32.3 Å². The molecule has 1 saturated heterocycles. The van der Waals surface area contributed by atoms with Crippen LogP contribution in [0.2, 0.25) is 0 Å². The van der Waals surface area contributed by atoms with Crippen molar-refractivity contribution in [3.63, 3.8) is 0 Å². The summed E-state index contributed by atoms with van der Waals surface area (Å²) in [4.78, 5) is 20.8. The summed E-state index contributed by atoms with van der Waals surface area (Å²) in [5.41, 5.74) is 0.846. The van der Waals surface area contributed by atoms with Gasteiger partial charge in [0.2, 0.25) is 0 Å². The molecule has 2 aromatic heterocycles. The molecule has 1 atom stereocenters. The van der Waals surface area contributed by atoms with Crippen LogP contribution in [-0.2, 0) is 23.9 Å². The summed E-state index contributed by atoms with van der Waals surface area (Å²) in [6.45, 7) is 3.15. The first kappa shape index (κ1) is 15.6. The maximum atomic E-state index is 11.9. The Labute approximate surface area is 135 Å². The van der Waals surface area contributed by atoms with E-state index in [2.05, 4.69) is 20.4 Å². The highest BCUT2D eigenvalue weighted by atomic mass is 16.5. The van der Waals surface area contributed by atoms with Gasteiger partial charge in [-0.3, -0.25) is 9.48 Å². The van der Waals surface area contributed by atoms with Gasteiger partial charge in [-0.2, -0.15) is 5.10 Å². The Kier molecular flexibility index (Phi) is 4.38. The highest BCUT2D eigenvalue weighted by Crippen LogP contribution is 2.32. The van der Waals surface area contributed by atoms with Crippen LogP contribution in [0.25, 0.3) is 0 Å². The smallest absolute Gasteiger partial charge is 0.272 e. The van der Waals surface area contributed by atoms with E-state index in [1.165, 1.54) is 0 Å². The SMILES string of the molecule is Cn1ccc(C(=O)NCc2cnc(C3(C)CCCCO3)nc2)n1.